The van der Waals surface area contributed by atoms with Crippen LogP contribution in [-0.4, -0.2) is 26.8 Å². The van der Waals surface area contributed by atoms with E-state index in [1.807, 2.05) is 19.1 Å². The number of alkyl halides is 3. The Labute approximate surface area is 226 Å². The summed E-state index contributed by atoms with van der Waals surface area (Å²) in [7, 11) is 0. The smallest absolute Gasteiger partial charge is 0.369 e. The van der Waals surface area contributed by atoms with E-state index in [0.717, 1.165) is 59.0 Å². The van der Waals surface area contributed by atoms with E-state index in [1.54, 1.807) is 12.3 Å². The summed E-state index contributed by atoms with van der Waals surface area (Å²) in [6.45, 7) is 1.89. The van der Waals surface area contributed by atoms with Crippen LogP contribution in [0.5, 0.6) is 0 Å². The second-order valence-corrected chi connectivity index (χ2v) is 11.9. The molecule has 3 aliphatic rings. The molecule has 4 N–H and O–H groups in total. The number of aromatic nitrogens is 3. The molecule has 3 fully saturated rings. The van der Waals surface area contributed by atoms with Gasteiger partial charge in [0.25, 0.3) is 0 Å². The van der Waals surface area contributed by atoms with Crippen molar-refractivity contribution in [2.45, 2.75) is 57.2 Å². The topological polar surface area (TPSA) is 123 Å². The number of amides is 2. The summed E-state index contributed by atoms with van der Waals surface area (Å²) in [6.07, 6.45) is 3.11. The number of nitrogens with one attached hydrogen (secondary N) is 2. The molecule has 2 aromatic heterocycles. The van der Waals surface area contributed by atoms with Crippen LogP contribution in [0, 0.1) is 24.2 Å². The van der Waals surface area contributed by atoms with Crippen LogP contribution >= 0.6 is 11.3 Å². The molecule has 2 heterocycles. The summed E-state index contributed by atoms with van der Waals surface area (Å²) in [5.41, 5.74) is 5.08. The minimum atomic E-state index is -4.57. The largest absolute Gasteiger partial charge is 0.433 e. The van der Waals surface area contributed by atoms with Gasteiger partial charge in [-0.1, -0.05) is 6.07 Å². The maximum atomic E-state index is 13.3. The van der Waals surface area contributed by atoms with Crippen LogP contribution in [0.15, 0.2) is 36.7 Å². The lowest BCUT2D eigenvalue weighted by atomic mass is 9.86. The van der Waals surface area contributed by atoms with Crippen molar-refractivity contribution in [3.05, 3.63) is 52.9 Å². The third-order valence-corrected chi connectivity index (χ3v) is 9.04. The van der Waals surface area contributed by atoms with Gasteiger partial charge in [0.05, 0.1) is 10.4 Å². The highest BCUT2D eigenvalue weighted by Crippen LogP contribution is 2.59. The van der Waals surface area contributed by atoms with Crippen LogP contribution in [0.3, 0.4) is 0 Å². The number of halogens is 3. The van der Waals surface area contributed by atoms with E-state index >= 15 is 0 Å². The number of benzene rings is 1. The van der Waals surface area contributed by atoms with Gasteiger partial charge in [0.1, 0.15) is 16.1 Å². The predicted octanol–water partition coefficient (Wildman–Crippen LogP) is 5.07. The number of primary amides is 1. The Balaban J connectivity index is 1.30. The van der Waals surface area contributed by atoms with Crippen LogP contribution in [0.25, 0.3) is 10.4 Å². The van der Waals surface area contributed by atoms with Gasteiger partial charge in [-0.05, 0) is 86.6 Å². The van der Waals surface area contributed by atoms with Crippen molar-refractivity contribution < 1.29 is 22.8 Å². The van der Waals surface area contributed by atoms with Gasteiger partial charge >= 0.3 is 6.18 Å². The summed E-state index contributed by atoms with van der Waals surface area (Å²) in [6, 6.07) is 6.41. The summed E-state index contributed by atoms with van der Waals surface area (Å²) >= 11 is 1.49. The standard InChI is InChI=1S/C27H27F3N6O2S/c1-14-10-15(12-18(11-14)34-24-32-9-6-20(35-24)27(28,29)30)19-13-33-23(39-19)26(16-2-3-16,17-4-5-17)36-22(38)25(7-8-25)21(31)37/h6,9-13,16-17H,2-5,7-8H2,1H3,(H2,31,37)(H,36,38)(H,32,34,35). The Morgan fingerprint density at radius 1 is 1.08 bits per heavy atom. The first-order valence-corrected chi connectivity index (χ1v) is 13.7. The molecule has 3 saturated carbocycles. The zero-order valence-electron chi connectivity index (χ0n) is 21.1. The summed E-state index contributed by atoms with van der Waals surface area (Å²) in [5.74, 6) is -0.522. The zero-order chi connectivity index (χ0) is 27.6. The molecule has 0 saturated heterocycles. The second kappa shape index (κ2) is 9.00. The van der Waals surface area contributed by atoms with Crippen molar-refractivity contribution in [3.63, 3.8) is 0 Å². The first-order valence-electron chi connectivity index (χ1n) is 12.9. The van der Waals surface area contributed by atoms with E-state index in [9.17, 15) is 22.8 Å². The molecule has 0 bridgehead atoms. The van der Waals surface area contributed by atoms with Crippen molar-refractivity contribution in [2.24, 2.45) is 23.0 Å². The van der Waals surface area contributed by atoms with Crippen LogP contribution in [0.4, 0.5) is 24.8 Å². The van der Waals surface area contributed by atoms with Gasteiger partial charge in [-0.25, -0.2) is 15.0 Å². The number of thiazole rings is 1. The molecule has 3 aliphatic carbocycles. The maximum absolute atomic E-state index is 13.3. The summed E-state index contributed by atoms with van der Waals surface area (Å²) in [5, 5.41) is 6.98. The van der Waals surface area contributed by atoms with Crippen molar-refractivity contribution in [3.8, 4) is 10.4 Å². The van der Waals surface area contributed by atoms with Gasteiger partial charge in [0.2, 0.25) is 17.8 Å². The third-order valence-electron chi connectivity index (χ3n) is 7.84. The highest BCUT2D eigenvalue weighted by atomic mass is 32.1. The monoisotopic (exact) mass is 556 g/mol. The minimum absolute atomic E-state index is 0.154. The molecule has 0 aliphatic heterocycles. The van der Waals surface area contributed by atoms with Gasteiger partial charge in [0.15, 0.2) is 0 Å². The molecule has 12 heteroatoms. The van der Waals surface area contributed by atoms with E-state index < -0.39 is 28.7 Å². The average Bonchev–Trinajstić information content (AvgIpc) is 3.73. The van der Waals surface area contributed by atoms with Crippen LogP contribution < -0.4 is 16.4 Å². The number of carbonyl (C=O) groups excluding carboxylic acids is 2. The van der Waals surface area contributed by atoms with Crippen molar-refractivity contribution in [2.75, 3.05) is 5.32 Å². The molecule has 0 unspecified atom stereocenters. The number of rotatable bonds is 9. The molecule has 204 valence electrons. The van der Waals surface area contributed by atoms with Gasteiger partial charge in [0, 0.05) is 18.1 Å². The van der Waals surface area contributed by atoms with Crippen LogP contribution in [0.1, 0.15) is 54.8 Å². The molecule has 1 aromatic carbocycles. The molecular formula is C27H27F3N6O2S. The Morgan fingerprint density at radius 2 is 1.77 bits per heavy atom. The molecule has 0 radical (unpaired) electrons. The number of aryl methyl sites for hydroxylation is 1. The predicted molar refractivity (Wildman–Crippen MR) is 139 cm³/mol. The van der Waals surface area contributed by atoms with Gasteiger partial charge in [-0.3, -0.25) is 9.59 Å². The minimum Gasteiger partial charge on any atom is -0.369 e. The van der Waals surface area contributed by atoms with Crippen molar-refractivity contribution in [1.29, 1.82) is 0 Å². The fourth-order valence-electron chi connectivity index (χ4n) is 5.34. The lowest BCUT2D eigenvalue weighted by Crippen LogP contribution is -2.54. The van der Waals surface area contributed by atoms with Crippen LogP contribution in [0.2, 0.25) is 0 Å². The fourth-order valence-corrected chi connectivity index (χ4v) is 6.55. The number of nitrogens with two attached hydrogens (primary N) is 1. The number of carbonyl (C=O) groups is 2. The fraction of sp³-hybridized carbons (Fsp3) is 0.444. The van der Waals surface area contributed by atoms with E-state index in [2.05, 4.69) is 20.6 Å². The first kappa shape index (κ1) is 25.7. The summed E-state index contributed by atoms with van der Waals surface area (Å²) in [4.78, 5) is 38.5. The van der Waals surface area contributed by atoms with Gasteiger partial charge < -0.3 is 16.4 Å². The molecule has 6 rings (SSSR count). The zero-order valence-corrected chi connectivity index (χ0v) is 22.0. The lowest BCUT2D eigenvalue weighted by Gasteiger charge is -2.35. The van der Waals surface area contributed by atoms with E-state index in [1.165, 1.54) is 11.3 Å². The highest BCUT2D eigenvalue weighted by molar-refractivity contribution is 7.15. The average molecular weight is 557 g/mol. The Hall–Kier alpha value is -3.54. The maximum Gasteiger partial charge on any atom is 0.433 e. The third kappa shape index (κ3) is 4.75. The Bertz CT molecular complexity index is 1450. The van der Waals surface area contributed by atoms with E-state index in [0.29, 0.717) is 18.5 Å². The first-order chi connectivity index (χ1) is 18.5. The molecule has 39 heavy (non-hydrogen) atoms. The van der Waals surface area contributed by atoms with Crippen molar-refractivity contribution >= 4 is 34.8 Å². The second-order valence-electron chi connectivity index (χ2n) is 10.8. The van der Waals surface area contributed by atoms with Crippen LogP contribution in [-0.2, 0) is 21.3 Å². The molecule has 0 atom stereocenters. The SMILES string of the molecule is Cc1cc(Nc2nccc(C(F)(F)F)n2)cc(-c2cnc(C(NC(=O)C3(C(N)=O)CC3)(C3CC3)C3CC3)s2)c1. The lowest BCUT2D eigenvalue weighted by molar-refractivity contribution is -0.141. The molecule has 2 amide bonds. The summed E-state index contributed by atoms with van der Waals surface area (Å²) < 4.78 is 39.3. The molecule has 8 nitrogen and oxygen atoms in total. The van der Waals surface area contributed by atoms with Crippen molar-refractivity contribution in [1.82, 2.24) is 20.3 Å². The molecule has 0 spiro atoms. The molecular weight excluding hydrogens is 529 g/mol. The van der Waals surface area contributed by atoms with Gasteiger partial charge in [-0.15, -0.1) is 11.3 Å². The van der Waals surface area contributed by atoms with Gasteiger partial charge in [-0.2, -0.15) is 13.2 Å². The number of anilines is 2. The number of nitrogens with zero attached hydrogens (tertiary/aromatic N) is 3. The quantitative estimate of drug-likeness (QED) is 0.317. The number of hydrogen-bond donors (Lipinski definition) is 3. The van der Waals surface area contributed by atoms with E-state index in [-0.39, 0.29) is 23.7 Å². The highest BCUT2D eigenvalue weighted by Gasteiger charge is 2.62. The molecule has 3 aromatic rings. The normalized spacial score (nSPS) is 18.5. The Morgan fingerprint density at radius 3 is 2.36 bits per heavy atom. The number of hydrogen-bond acceptors (Lipinski definition) is 7. The van der Waals surface area contributed by atoms with E-state index in [4.69, 9.17) is 10.7 Å². The Kier molecular flexibility index (Phi) is 5.94.